The van der Waals surface area contributed by atoms with Gasteiger partial charge in [0.05, 0.1) is 25.4 Å². The summed E-state index contributed by atoms with van der Waals surface area (Å²) in [6, 6.07) is 6.63. The van der Waals surface area contributed by atoms with Gasteiger partial charge in [-0.1, -0.05) is 0 Å². The topological polar surface area (TPSA) is 46.6 Å². The first kappa shape index (κ1) is 17.2. The average molecular weight is 347 g/mol. The van der Waals surface area contributed by atoms with Crippen molar-refractivity contribution in [1.29, 1.82) is 0 Å². The van der Waals surface area contributed by atoms with Crippen molar-refractivity contribution in [2.75, 3.05) is 27.3 Å². The Hall–Kier alpha value is -1.63. The van der Waals surface area contributed by atoms with E-state index in [4.69, 9.17) is 9.47 Å². The lowest BCUT2D eigenvalue weighted by Crippen LogP contribution is -2.31. The molecule has 24 heavy (non-hydrogen) atoms. The molecule has 0 bridgehead atoms. The van der Waals surface area contributed by atoms with Gasteiger partial charge >= 0.3 is 0 Å². The summed E-state index contributed by atoms with van der Waals surface area (Å²) >= 11 is 1.73. The molecule has 1 aromatic heterocycles. The quantitative estimate of drug-likeness (QED) is 0.834. The van der Waals surface area contributed by atoms with Gasteiger partial charge in [0.2, 0.25) is 0 Å². The van der Waals surface area contributed by atoms with Crippen LogP contribution in [0, 0.1) is 6.92 Å². The average Bonchev–Trinajstić information content (AvgIpc) is 3.21. The van der Waals surface area contributed by atoms with Gasteiger partial charge in [-0.05, 0) is 31.0 Å². The molecule has 0 aliphatic carbocycles. The minimum atomic E-state index is 0.541. The molecule has 2 aromatic rings. The number of rotatable bonds is 7. The van der Waals surface area contributed by atoms with Crippen LogP contribution in [-0.4, -0.2) is 43.2 Å². The number of methoxy groups -OCH3 is 2. The number of thiazole rings is 1. The second kappa shape index (κ2) is 7.96. The van der Waals surface area contributed by atoms with Gasteiger partial charge in [0, 0.05) is 43.2 Å². The fraction of sp³-hybridized carbons (Fsp3) is 0.500. The van der Waals surface area contributed by atoms with Crippen LogP contribution < -0.4 is 14.8 Å². The number of hydrogen-bond acceptors (Lipinski definition) is 6. The van der Waals surface area contributed by atoms with Crippen LogP contribution in [0.3, 0.4) is 0 Å². The summed E-state index contributed by atoms with van der Waals surface area (Å²) in [5.74, 6) is 1.69. The molecule has 5 nitrogen and oxygen atoms in total. The third-order valence-electron chi connectivity index (χ3n) is 4.49. The number of nitrogens with one attached hydrogen (secondary N) is 1. The third-order valence-corrected chi connectivity index (χ3v) is 5.42. The Bertz CT molecular complexity index is 652. The lowest BCUT2D eigenvalue weighted by molar-refractivity contribution is 0.317. The second-order valence-electron chi connectivity index (χ2n) is 6.18. The lowest BCUT2D eigenvalue weighted by Gasteiger charge is -2.18. The standard InChI is InChI=1S/C18H25N3O2S/c1-13-18(24-12-20-13)9-19-15-4-5-21(11-15)10-14-6-16(22-2)8-17(7-14)23-3/h6-8,12,15,19H,4-5,9-11H2,1-3H3. The van der Waals surface area contributed by atoms with E-state index in [0.717, 1.165) is 43.4 Å². The number of aromatic nitrogens is 1. The monoisotopic (exact) mass is 347 g/mol. The number of likely N-dealkylation sites (tertiary alicyclic amines) is 1. The van der Waals surface area contributed by atoms with Gasteiger partial charge in [0.1, 0.15) is 11.5 Å². The van der Waals surface area contributed by atoms with Crippen molar-refractivity contribution in [3.8, 4) is 11.5 Å². The number of aryl methyl sites for hydroxylation is 1. The number of nitrogens with zero attached hydrogens (tertiary/aromatic N) is 2. The van der Waals surface area contributed by atoms with Crippen molar-refractivity contribution in [2.24, 2.45) is 0 Å². The Kier molecular flexibility index (Phi) is 5.71. The van der Waals surface area contributed by atoms with E-state index in [2.05, 4.69) is 34.3 Å². The second-order valence-corrected chi connectivity index (χ2v) is 7.12. The van der Waals surface area contributed by atoms with E-state index in [1.807, 2.05) is 11.6 Å². The van der Waals surface area contributed by atoms with Gasteiger partial charge in [-0.15, -0.1) is 11.3 Å². The first-order valence-electron chi connectivity index (χ1n) is 8.24. The maximum Gasteiger partial charge on any atom is 0.122 e. The molecule has 2 heterocycles. The first-order valence-corrected chi connectivity index (χ1v) is 9.12. The van der Waals surface area contributed by atoms with E-state index in [9.17, 15) is 0 Å². The normalized spacial score (nSPS) is 18.0. The molecule has 1 aliphatic rings. The van der Waals surface area contributed by atoms with Crippen molar-refractivity contribution >= 4 is 11.3 Å². The van der Waals surface area contributed by atoms with E-state index < -0.39 is 0 Å². The summed E-state index contributed by atoms with van der Waals surface area (Å²) < 4.78 is 10.7. The molecule has 130 valence electrons. The molecule has 0 amide bonds. The zero-order valence-electron chi connectivity index (χ0n) is 14.5. The highest BCUT2D eigenvalue weighted by Crippen LogP contribution is 2.24. The Balaban J connectivity index is 1.53. The van der Waals surface area contributed by atoms with E-state index in [1.165, 1.54) is 16.9 Å². The van der Waals surface area contributed by atoms with Gasteiger partial charge in [-0.3, -0.25) is 4.90 Å². The van der Waals surface area contributed by atoms with Crippen molar-refractivity contribution in [3.63, 3.8) is 0 Å². The molecule has 1 unspecified atom stereocenters. The Morgan fingerprint density at radius 1 is 1.25 bits per heavy atom. The van der Waals surface area contributed by atoms with Crippen LogP contribution in [0.4, 0.5) is 0 Å². The minimum absolute atomic E-state index is 0.541. The summed E-state index contributed by atoms with van der Waals surface area (Å²) in [7, 11) is 3.38. The van der Waals surface area contributed by atoms with Crippen LogP contribution in [0.5, 0.6) is 11.5 Å². The fourth-order valence-electron chi connectivity index (χ4n) is 3.09. The molecule has 0 spiro atoms. The Morgan fingerprint density at radius 2 is 2.00 bits per heavy atom. The smallest absolute Gasteiger partial charge is 0.122 e. The van der Waals surface area contributed by atoms with Crippen LogP contribution in [0.25, 0.3) is 0 Å². The van der Waals surface area contributed by atoms with Gasteiger partial charge in [0.25, 0.3) is 0 Å². The highest BCUT2D eigenvalue weighted by atomic mass is 32.1. The zero-order chi connectivity index (χ0) is 16.9. The van der Waals surface area contributed by atoms with Crippen molar-refractivity contribution in [1.82, 2.24) is 15.2 Å². The molecule has 1 fully saturated rings. The number of benzene rings is 1. The fourth-order valence-corrected chi connectivity index (χ4v) is 3.82. The molecular formula is C18H25N3O2S. The molecular weight excluding hydrogens is 322 g/mol. The van der Waals surface area contributed by atoms with E-state index in [0.29, 0.717) is 6.04 Å². The van der Waals surface area contributed by atoms with Crippen LogP contribution in [-0.2, 0) is 13.1 Å². The molecule has 3 rings (SSSR count). The third kappa shape index (κ3) is 4.26. The maximum atomic E-state index is 5.36. The summed E-state index contributed by atoms with van der Waals surface area (Å²) in [5.41, 5.74) is 4.29. The van der Waals surface area contributed by atoms with Crippen LogP contribution in [0.2, 0.25) is 0 Å². The number of hydrogen-bond donors (Lipinski definition) is 1. The highest BCUT2D eigenvalue weighted by molar-refractivity contribution is 7.09. The molecule has 1 aromatic carbocycles. The summed E-state index contributed by atoms with van der Waals surface area (Å²) in [6.07, 6.45) is 1.18. The molecule has 0 radical (unpaired) electrons. The SMILES string of the molecule is COc1cc(CN2CCC(NCc3scnc3C)C2)cc(OC)c1. The molecule has 1 aliphatic heterocycles. The van der Waals surface area contributed by atoms with Crippen molar-refractivity contribution < 1.29 is 9.47 Å². The highest BCUT2D eigenvalue weighted by Gasteiger charge is 2.22. The number of ether oxygens (including phenoxy) is 2. The molecule has 0 saturated carbocycles. The van der Waals surface area contributed by atoms with Crippen LogP contribution in [0.15, 0.2) is 23.7 Å². The van der Waals surface area contributed by atoms with Gasteiger partial charge in [-0.25, -0.2) is 4.98 Å². The van der Waals surface area contributed by atoms with Gasteiger partial charge in [0.15, 0.2) is 0 Å². The van der Waals surface area contributed by atoms with Crippen LogP contribution in [0.1, 0.15) is 22.6 Å². The van der Waals surface area contributed by atoms with Crippen LogP contribution >= 0.6 is 11.3 Å². The van der Waals surface area contributed by atoms with Crippen molar-refractivity contribution in [2.45, 2.75) is 32.5 Å². The van der Waals surface area contributed by atoms with Crippen molar-refractivity contribution in [3.05, 3.63) is 39.8 Å². The largest absolute Gasteiger partial charge is 0.497 e. The maximum absolute atomic E-state index is 5.36. The molecule has 1 N–H and O–H groups in total. The predicted octanol–water partition coefficient (Wildman–Crippen LogP) is 2.83. The zero-order valence-corrected chi connectivity index (χ0v) is 15.4. The minimum Gasteiger partial charge on any atom is -0.497 e. The first-order chi connectivity index (χ1) is 11.7. The van der Waals surface area contributed by atoms with E-state index in [-0.39, 0.29) is 0 Å². The molecule has 1 atom stereocenters. The Morgan fingerprint density at radius 3 is 2.62 bits per heavy atom. The lowest BCUT2D eigenvalue weighted by atomic mass is 10.2. The van der Waals surface area contributed by atoms with E-state index >= 15 is 0 Å². The van der Waals surface area contributed by atoms with Gasteiger partial charge < -0.3 is 14.8 Å². The molecule has 6 heteroatoms. The summed E-state index contributed by atoms with van der Waals surface area (Å²) in [5, 5.41) is 3.67. The Labute approximate surface area is 147 Å². The summed E-state index contributed by atoms with van der Waals surface area (Å²) in [4.78, 5) is 8.13. The molecule has 1 saturated heterocycles. The van der Waals surface area contributed by atoms with E-state index in [1.54, 1.807) is 25.6 Å². The predicted molar refractivity (Wildman–Crippen MR) is 96.9 cm³/mol. The summed E-state index contributed by atoms with van der Waals surface area (Å²) in [6.45, 7) is 6.09. The van der Waals surface area contributed by atoms with Gasteiger partial charge in [-0.2, -0.15) is 0 Å².